The molecular weight excluding hydrogens is 330 g/mol. The molecule has 0 bridgehead atoms. The van der Waals surface area contributed by atoms with Crippen molar-refractivity contribution in [1.82, 2.24) is 14.7 Å². The van der Waals surface area contributed by atoms with Crippen LogP contribution in [0.2, 0.25) is 0 Å². The lowest BCUT2D eigenvalue weighted by Gasteiger charge is -2.05. The first-order valence-electron chi connectivity index (χ1n) is 8.08. The predicted octanol–water partition coefficient (Wildman–Crippen LogP) is 2.97. The Bertz CT molecular complexity index is 1150. The average Bonchev–Trinajstić information content (AvgIpc) is 3.09. The zero-order chi connectivity index (χ0) is 18.1. The molecule has 1 amide bonds. The van der Waals surface area contributed by atoms with Crippen LogP contribution in [0.5, 0.6) is 0 Å². The van der Waals surface area contributed by atoms with E-state index in [0.717, 1.165) is 16.5 Å². The van der Waals surface area contributed by atoms with Gasteiger partial charge in [-0.05, 0) is 40.1 Å². The van der Waals surface area contributed by atoms with Crippen molar-refractivity contribution in [2.75, 3.05) is 6.54 Å². The molecule has 0 atom stereocenters. The van der Waals surface area contributed by atoms with Crippen LogP contribution in [0.25, 0.3) is 27.5 Å². The Morgan fingerprint density at radius 3 is 2.54 bits per heavy atom. The van der Waals surface area contributed by atoms with Crippen LogP contribution in [0.1, 0.15) is 10.5 Å². The molecular formula is C20H15N3O3. The van der Waals surface area contributed by atoms with E-state index in [4.69, 9.17) is 5.11 Å². The first-order valence-corrected chi connectivity index (χ1v) is 8.08. The Labute approximate surface area is 148 Å². The molecule has 2 N–H and O–H groups in total. The molecule has 0 spiro atoms. The fourth-order valence-corrected chi connectivity index (χ4v) is 2.89. The van der Waals surface area contributed by atoms with Crippen molar-refractivity contribution in [2.45, 2.75) is 0 Å². The molecule has 0 aliphatic heterocycles. The lowest BCUT2D eigenvalue weighted by molar-refractivity contribution is -0.135. The Kier molecular flexibility index (Phi) is 3.85. The largest absolute Gasteiger partial charge is 0.480 e. The van der Waals surface area contributed by atoms with Crippen molar-refractivity contribution < 1.29 is 14.7 Å². The number of carbonyl (C=O) groups excluding carboxylic acids is 1. The number of pyridine rings is 1. The third-order valence-corrected chi connectivity index (χ3v) is 4.17. The van der Waals surface area contributed by atoms with E-state index < -0.39 is 18.4 Å². The maximum atomic E-state index is 12.0. The fourth-order valence-electron chi connectivity index (χ4n) is 2.89. The summed E-state index contributed by atoms with van der Waals surface area (Å²) in [5.41, 5.74) is 2.87. The van der Waals surface area contributed by atoms with Crippen LogP contribution in [-0.2, 0) is 4.79 Å². The monoisotopic (exact) mass is 345 g/mol. The van der Waals surface area contributed by atoms with E-state index in [1.807, 2.05) is 30.5 Å². The van der Waals surface area contributed by atoms with Crippen molar-refractivity contribution in [3.05, 3.63) is 72.7 Å². The number of carbonyl (C=O) groups is 2. The van der Waals surface area contributed by atoms with Crippen LogP contribution in [0.4, 0.5) is 0 Å². The normalized spacial score (nSPS) is 10.9. The Balaban J connectivity index is 1.68. The van der Waals surface area contributed by atoms with Crippen molar-refractivity contribution >= 4 is 28.3 Å². The molecule has 4 aromatic rings. The highest BCUT2D eigenvalue weighted by Gasteiger charge is 2.12. The molecule has 2 heterocycles. The van der Waals surface area contributed by atoms with Crippen LogP contribution in [0, 0.1) is 0 Å². The zero-order valence-electron chi connectivity index (χ0n) is 13.7. The number of carboxylic acids is 1. The summed E-state index contributed by atoms with van der Waals surface area (Å²) < 4.78 is 1.76. The van der Waals surface area contributed by atoms with Crippen molar-refractivity contribution in [3.63, 3.8) is 0 Å². The van der Waals surface area contributed by atoms with Crippen LogP contribution >= 0.6 is 0 Å². The maximum Gasteiger partial charge on any atom is 0.322 e. The zero-order valence-corrected chi connectivity index (χ0v) is 13.7. The lowest BCUT2D eigenvalue weighted by atomic mass is 10.0. The van der Waals surface area contributed by atoms with E-state index in [-0.39, 0.29) is 5.69 Å². The van der Waals surface area contributed by atoms with Crippen molar-refractivity contribution in [1.29, 1.82) is 0 Å². The van der Waals surface area contributed by atoms with E-state index in [9.17, 15) is 9.59 Å². The van der Waals surface area contributed by atoms with Gasteiger partial charge in [0.1, 0.15) is 17.9 Å². The Hall–Kier alpha value is -3.67. The summed E-state index contributed by atoms with van der Waals surface area (Å²) in [6.45, 7) is -0.435. The molecule has 4 rings (SSSR count). The quantitative estimate of drug-likeness (QED) is 0.596. The first-order chi connectivity index (χ1) is 12.6. The summed E-state index contributed by atoms with van der Waals surface area (Å²) in [4.78, 5) is 26.8. The van der Waals surface area contributed by atoms with E-state index in [1.54, 1.807) is 10.6 Å². The van der Waals surface area contributed by atoms with Crippen molar-refractivity contribution in [3.8, 4) is 11.1 Å². The van der Waals surface area contributed by atoms with Crippen LogP contribution in [0.3, 0.4) is 0 Å². The second-order valence-electron chi connectivity index (χ2n) is 5.95. The molecule has 0 unspecified atom stereocenters. The number of amides is 1. The molecule has 0 aliphatic rings. The fraction of sp³-hybridized carbons (Fsp3) is 0.0500. The van der Waals surface area contributed by atoms with E-state index in [1.165, 1.54) is 5.39 Å². The van der Waals surface area contributed by atoms with Gasteiger partial charge in [-0.1, -0.05) is 36.4 Å². The molecule has 2 aromatic carbocycles. The van der Waals surface area contributed by atoms with Crippen LogP contribution in [-0.4, -0.2) is 32.9 Å². The number of hydrogen-bond donors (Lipinski definition) is 2. The van der Waals surface area contributed by atoms with E-state index in [0.29, 0.717) is 5.65 Å². The Morgan fingerprint density at radius 2 is 1.73 bits per heavy atom. The second-order valence-corrected chi connectivity index (χ2v) is 5.95. The minimum Gasteiger partial charge on any atom is -0.480 e. The van der Waals surface area contributed by atoms with E-state index in [2.05, 4.69) is 40.6 Å². The second kappa shape index (κ2) is 6.33. The van der Waals surface area contributed by atoms with Gasteiger partial charge in [0.2, 0.25) is 0 Å². The summed E-state index contributed by atoms with van der Waals surface area (Å²) >= 11 is 0. The van der Waals surface area contributed by atoms with Crippen LogP contribution < -0.4 is 5.32 Å². The molecule has 0 aliphatic carbocycles. The van der Waals surface area contributed by atoms with Gasteiger partial charge < -0.3 is 14.8 Å². The Morgan fingerprint density at radius 1 is 0.962 bits per heavy atom. The van der Waals surface area contributed by atoms with Gasteiger partial charge >= 0.3 is 5.97 Å². The molecule has 0 radical (unpaired) electrons. The van der Waals surface area contributed by atoms with Gasteiger partial charge in [-0.25, -0.2) is 4.98 Å². The minimum absolute atomic E-state index is 0.182. The molecule has 26 heavy (non-hydrogen) atoms. The number of fused-ring (bicyclic) bond motifs is 2. The van der Waals surface area contributed by atoms with Gasteiger partial charge in [-0.2, -0.15) is 0 Å². The number of aliphatic carboxylic acids is 1. The molecule has 0 saturated heterocycles. The SMILES string of the molecule is O=C(O)CNC(=O)c1cn2cc(-c3ccc4ccccc4c3)ccc2n1. The summed E-state index contributed by atoms with van der Waals surface area (Å²) in [6.07, 6.45) is 3.50. The number of hydrogen-bond acceptors (Lipinski definition) is 3. The highest BCUT2D eigenvalue weighted by molar-refractivity contribution is 5.94. The summed E-state index contributed by atoms with van der Waals surface area (Å²) in [7, 11) is 0. The number of nitrogens with zero attached hydrogens (tertiary/aromatic N) is 2. The minimum atomic E-state index is -1.10. The highest BCUT2D eigenvalue weighted by Crippen LogP contribution is 2.25. The number of benzene rings is 2. The summed E-state index contributed by atoms with van der Waals surface area (Å²) in [5, 5.41) is 13.3. The van der Waals surface area contributed by atoms with Gasteiger partial charge in [0, 0.05) is 12.4 Å². The third-order valence-electron chi connectivity index (χ3n) is 4.17. The molecule has 2 aromatic heterocycles. The summed E-state index contributed by atoms with van der Waals surface area (Å²) in [5.74, 6) is -1.61. The predicted molar refractivity (Wildman–Crippen MR) is 98.1 cm³/mol. The van der Waals surface area contributed by atoms with Gasteiger partial charge in [0.05, 0.1) is 0 Å². The number of rotatable bonds is 4. The smallest absolute Gasteiger partial charge is 0.322 e. The number of carboxylic acid groups (broad SMARTS) is 1. The number of nitrogens with one attached hydrogen (secondary N) is 1. The maximum absolute atomic E-state index is 12.0. The standard InChI is InChI=1S/C20H15N3O3/c24-19(25)10-21-20(26)17-12-23-11-16(7-8-18(23)22-17)15-6-5-13-3-1-2-4-14(13)9-15/h1-9,11-12H,10H2,(H,21,26)(H,24,25). The van der Waals surface area contributed by atoms with Crippen molar-refractivity contribution in [2.24, 2.45) is 0 Å². The third kappa shape index (κ3) is 3.00. The average molecular weight is 345 g/mol. The molecule has 6 nitrogen and oxygen atoms in total. The number of aromatic nitrogens is 2. The molecule has 0 fully saturated rings. The van der Waals surface area contributed by atoms with Gasteiger partial charge in [0.15, 0.2) is 0 Å². The van der Waals surface area contributed by atoms with Gasteiger partial charge in [-0.15, -0.1) is 0 Å². The summed E-state index contributed by atoms with van der Waals surface area (Å²) in [6, 6.07) is 18.2. The van der Waals surface area contributed by atoms with E-state index >= 15 is 0 Å². The highest BCUT2D eigenvalue weighted by atomic mass is 16.4. The van der Waals surface area contributed by atoms with Crippen LogP contribution in [0.15, 0.2) is 67.0 Å². The topological polar surface area (TPSA) is 83.7 Å². The number of imidazole rings is 1. The molecule has 6 heteroatoms. The van der Waals surface area contributed by atoms with Gasteiger partial charge in [-0.3, -0.25) is 9.59 Å². The first kappa shape index (κ1) is 15.8. The lowest BCUT2D eigenvalue weighted by Crippen LogP contribution is -2.29. The van der Waals surface area contributed by atoms with Gasteiger partial charge in [0.25, 0.3) is 5.91 Å². The molecule has 0 saturated carbocycles. The molecule has 128 valence electrons.